The Labute approximate surface area is 127 Å². The van der Waals surface area contributed by atoms with E-state index in [0.29, 0.717) is 11.0 Å². The second-order valence-corrected chi connectivity index (χ2v) is 5.72. The van der Waals surface area contributed by atoms with Crippen LogP contribution in [-0.2, 0) is 0 Å². The van der Waals surface area contributed by atoms with Gasteiger partial charge in [-0.3, -0.25) is 4.79 Å². The Kier molecular flexibility index (Phi) is 5.03. The van der Waals surface area contributed by atoms with Gasteiger partial charge in [0.2, 0.25) is 0 Å². The Hall–Kier alpha value is -1.79. The number of hydrogen-bond acceptors (Lipinski definition) is 2. The van der Waals surface area contributed by atoms with Gasteiger partial charge in [-0.1, -0.05) is 25.7 Å². The molecule has 112 valence electrons. The van der Waals surface area contributed by atoms with E-state index < -0.39 is 0 Å². The summed E-state index contributed by atoms with van der Waals surface area (Å²) in [7, 11) is 0. The lowest BCUT2D eigenvalue weighted by Gasteiger charge is -2.26. The maximum Gasteiger partial charge on any atom is 0.253 e. The number of carbonyl (C=O) groups excluding carboxylic acids is 1. The molecule has 2 rings (SSSR count). The van der Waals surface area contributed by atoms with Gasteiger partial charge in [0.15, 0.2) is 0 Å². The molecule has 1 aliphatic rings. The number of nitrogens with zero attached hydrogens (tertiary/aromatic N) is 1. The average Bonchev–Trinajstić information content (AvgIpc) is 2.98. The summed E-state index contributed by atoms with van der Waals surface area (Å²) in [5.41, 5.74) is 1.84. The first kappa shape index (κ1) is 15.6. The molecular weight excluding hydrogens is 262 g/mol. The molecule has 1 N–H and O–H groups in total. The molecule has 0 saturated carbocycles. The molecule has 1 aromatic carbocycles. The molecule has 0 atom stereocenters. The van der Waals surface area contributed by atoms with Gasteiger partial charge in [-0.05, 0) is 48.9 Å². The van der Waals surface area contributed by atoms with E-state index in [1.807, 2.05) is 29.2 Å². The monoisotopic (exact) mass is 285 g/mol. The summed E-state index contributed by atoms with van der Waals surface area (Å²) in [6.45, 7) is 6.00. The number of amides is 1. The third-order valence-electron chi connectivity index (χ3n) is 4.67. The third-order valence-corrected chi connectivity index (χ3v) is 4.67. The van der Waals surface area contributed by atoms with E-state index in [2.05, 4.69) is 25.7 Å². The van der Waals surface area contributed by atoms with E-state index in [1.165, 1.54) is 0 Å². The lowest BCUT2D eigenvalue weighted by Crippen LogP contribution is -2.31. The first-order chi connectivity index (χ1) is 10.1. The molecule has 1 saturated heterocycles. The number of carbonyl (C=O) groups is 1. The predicted octanol–water partition coefficient (Wildman–Crippen LogP) is 2.68. The molecule has 0 spiro atoms. The molecule has 0 radical (unpaired) electrons. The minimum Gasteiger partial charge on any atom is -0.384 e. The third kappa shape index (κ3) is 3.46. The van der Waals surface area contributed by atoms with Gasteiger partial charge in [-0.25, -0.2) is 0 Å². The van der Waals surface area contributed by atoms with Crippen LogP contribution in [0, 0.1) is 17.3 Å². The van der Waals surface area contributed by atoms with Crippen molar-refractivity contribution in [3.8, 4) is 11.8 Å². The van der Waals surface area contributed by atoms with Crippen LogP contribution < -0.4 is 0 Å². The number of hydrogen-bond donors (Lipinski definition) is 1. The van der Waals surface area contributed by atoms with Crippen molar-refractivity contribution in [1.29, 1.82) is 0 Å². The van der Waals surface area contributed by atoms with Crippen molar-refractivity contribution in [2.75, 3.05) is 19.7 Å². The van der Waals surface area contributed by atoms with E-state index in [-0.39, 0.29) is 12.5 Å². The molecule has 3 heteroatoms. The van der Waals surface area contributed by atoms with E-state index in [4.69, 9.17) is 5.11 Å². The summed E-state index contributed by atoms with van der Waals surface area (Å²) in [5.74, 6) is 5.55. The maximum atomic E-state index is 12.5. The molecule has 0 unspecified atom stereocenters. The molecular formula is C18H23NO2. The quantitative estimate of drug-likeness (QED) is 0.867. The normalized spacial score (nSPS) is 16.4. The number of aliphatic hydroxyl groups excluding tert-OH is 1. The fourth-order valence-electron chi connectivity index (χ4n) is 2.96. The summed E-state index contributed by atoms with van der Waals surface area (Å²) in [6, 6.07) is 7.31. The molecule has 1 aromatic rings. The van der Waals surface area contributed by atoms with Gasteiger partial charge in [-0.2, -0.15) is 0 Å². The lowest BCUT2D eigenvalue weighted by atomic mass is 9.82. The van der Waals surface area contributed by atoms with Gasteiger partial charge in [0.25, 0.3) is 5.91 Å². The largest absolute Gasteiger partial charge is 0.384 e. The minimum absolute atomic E-state index is 0.112. The van der Waals surface area contributed by atoms with Crippen LogP contribution in [0.3, 0.4) is 0 Å². The minimum atomic E-state index is -0.148. The van der Waals surface area contributed by atoms with Gasteiger partial charge < -0.3 is 10.0 Å². The Morgan fingerprint density at radius 3 is 2.48 bits per heavy atom. The van der Waals surface area contributed by atoms with Crippen molar-refractivity contribution < 1.29 is 9.90 Å². The molecule has 0 bridgehead atoms. The Bertz CT molecular complexity index is 547. The summed E-state index contributed by atoms with van der Waals surface area (Å²) >= 11 is 0. The molecule has 0 aromatic heterocycles. The van der Waals surface area contributed by atoms with Gasteiger partial charge in [0.05, 0.1) is 0 Å². The van der Waals surface area contributed by atoms with Gasteiger partial charge in [-0.15, -0.1) is 0 Å². The second-order valence-electron chi connectivity index (χ2n) is 5.72. The Morgan fingerprint density at radius 1 is 1.29 bits per heavy atom. The van der Waals surface area contributed by atoms with Crippen molar-refractivity contribution in [2.45, 2.75) is 33.1 Å². The fourth-order valence-corrected chi connectivity index (χ4v) is 2.96. The Balaban J connectivity index is 2.07. The van der Waals surface area contributed by atoms with E-state index >= 15 is 0 Å². The van der Waals surface area contributed by atoms with Crippen LogP contribution in [0.5, 0.6) is 0 Å². The predicted molar refractivity (Wildman–Crippen MR) is 83.9 cm³/mol. The Morgan fingerprint density at radius 2 is 1.95 bits per heavy atom. The fraction of sp³-hybridized carbons (Fsp3) is 0.500. The van der Waals surface area contributed by atoms with Gasteiger partial charge >= 0.3 is 0 Å². The van der Waals surface area contributed by atoms with Crippen LogP contribution in [0.1, 0.15) is 49.0 Å². The molecule has 1 amide bonds. The van der Waals surface area contributed by atoms with E-state index in [9.17, 15) is 4.79 Å². The number of likely N-dealkylation sites (tertiary alicyclic amines) is 1. The van der Waals surface area contributed by atoms with Crippen LogP contribution in [0.15, 0.2) is 24.3 Å². The molecule has 0 aliphatic carbocycles. The van der Waals surface area contributed by atoms with Crippen LogP contribution in [0.4, 0.5) is 0 Å². The number of benzene rings is 1. The maximum absolute atomic E-state index is 12.5. The number of aliphatic hydroxyl groups is 1. The highest BCUT2D eigenvalue weighted by molar-refractivity contribution is 5.94. The van der Waals surface area contributed by atoms with Crippen LogP contribution in [-0.4, -0.2) is 35.6 Å². The summed E-state index contributed by atoms with van der Waals surface area (Å²) in [5, 5.41) is 8.68. The number of rotatable bonds is 3. The van der Waals surface area contributed by atoms with Crippen molar-refractivity contribution in [3.05, 3.63) is 35.4 Å². The van der Waals surface area contributed by atoms with Crippen molar-refractivity contribution >= 4 is 5.91 Å². The standard InChI is InChI=1S/C18H23NO2/c1-3-18(4-2)11-12-19(14-18)17(21)16-9-7-15(8-10-16)6-5-13-20/h7-10,20H,3-4,11-14H2,1-2H3. The smallest absolute Gasteiger partial charge is 0.253 e. The van der Waals surface area contributed by atoms with Crippen molar-refractivity contribution in [3.63, 3.8) is 0 Å². The molecule has 1 heterocycles. The first-order valence-electron chi connectivity index (χ1n) is 7.63. The van der Waals surface area contributed by atoms with Crippen molar-refractivity contribution in [2.24, 2.45) is 5.41 Å². The van der Waals surface area contributed by atoms with Crippen LogP contribution in [0.2, 0.25) is 0 Å². The molecule has 3 nitrogen and oxygen atoms in total. The molecule has 1 fully saturated rings. The van der Waals surface area contributed by atoms with E-state index in [1.54, 1.807) is 0 Å². The topological polar surface area (TPSA) is 40.5 Å². The molecule has 21 heavy (non-hydrogen) atoms. The van der Waals surface area contributed by atoms with Gasteiger partial charge in [0.1, 0.15) is 6.61 Å². The zero-order valence-electron chi connectivity index (χ0n) is 12.9. The lowest BCUT2D eigenvalue weighted by molar-refractivity contribution is 0.0770. The highest BCUT2D eigenvalue weighted by atomic mass is 16.2. The molecule has 1 aliphatic heterocycles. The summed E-state index contributed by atoms with van der Waals surface area (Å²) in [6.07, 6.45) is 3.36. The zero-order valence-corrected chi connectivity index (χ0v) is 12.9. The first-order valence-corrected chi connectivity index (χ1v) is 7.63. The summed E-state index contributed by atoms with van der Waals surface area (Å²) < 4.78 is 0. The highest BCUT2D eigenvalue weighted by Gasteiger charge is 2.37. The van der Waals surface area contributed by atoms with Crippen LogP contribution in [0.25, 0.3) is 0 Å². The van der Waals surface area contributed by atoms with Crippen molar-refractivity contribution in [1.82, 2.24) is 4.90 Å². The van der Waals surface area contributed by atoms with Crippen LogP contribution >= 0.6 is 0 Å². The highest BCUT2D eigenvalue weighted by Crippen LogP contribution is 2.37. The average molecular weight is 285 g/mol. The van der Waals surface area contributed by atoms with E-state index in [0.717, 1.165) is 37.9 Å². The second kappa shape index (κ2) is 6.78. The summed E-state index contributed by atoms with van der Waals surface area (Å²) in [4.78, 5) is 14.5. The zero-order chi connectivity index (χ0) is 15.3. The SMILES string of the molecule is CCC1(CC)CCN(C(=O)c2ccc(C#CCO)cc2)C1. The van der Waals surface area contributed by atoms with Gasteiger partial charge in [0, 0.05) is 24.2 Å².